The van der Waals surface area contributed by atoms with Gasteiger partial charge in [-0.1, -0.05) is 0 Å². The number of rotatable bonds is 11. The van der Waals surface area contributed by atoms with Crippen molar-refractivity contribution in [3.63, 3.8) is 0 Å². The monoisotopic (exact) mass is 352 g/mol. The number of hydrogen-bond donors (Lipinski definition) is 2. The van der Waals surface area contributed by atoms with E-state index < -0.39 is 43.3 Å². The summed E-state index contributed by atoms with van der Waals surface area (Å²) in [5.41, 5.74) is 0. The Morgan fingerprint density at radius 2 is 1.79 bits per heavy atom. The van der Waals surface area contributed by atoms with Gasteiger partial charge in [-0.15, -0.1) is 0 Å². The number of hydrogen-bond acceptors (Lipinski definition) is 8. The van der Waals surface area contributed by atoms with Crippen LogP contribution in [-0.4, -0.2) is 93.6 Å². The fourth-order valence-electron chi connectivity index (χ4n) is 2.51. The van der Waals surface area contributed by atoms with Crippen LogP contribution in [-0.2, 0) is 33.2 Å². The summed E-state index contributed by atoms with van der Waals surface area (Å²) in [5.74, 6) is -1.13. The standard InChI is InChI=1S/C15H28O9/c1-9(2)22-7-10-12(19-3)13(20-4)14(21-6-5-16)15(24-10)23-8-11(17)18/h9-10,12-16H,5-8H2,1-4H3,(H,17,18)/t10-,12-,13+,14+,15-/m1/s1. The van der Waals surface area contributed by atoms with Gasteiger partial charge in [-0.05, 0) is 13.8 Å². The van der Waals surface area contributed by atoms with E-state index in [2.05, 4.69) is 0 Å². The zero-order chi connectivity index (χ0) is 18.1. The molecule has 1 heterocycles. The molecule has 9 heteroatoms. The van der Waals surface area contributed by atoms with Crippen molar-refractivity contribution < 1.29 is 43.4 Å². The fourth-order valence-corrected chi connectivity index (χ4v) is 2.51. The zero-order valence-corrected chi connectivity index (χ0v) is 14.5. The first-order valence-corrected chi connectivity index (χ1v) is 7.83. The Labute approximate surface area is 141 Å². The molecule has 0 aromatic rings. The Bertz CT molecular complexity index is 363. The predicted molar refractivity (Wildman–Crippen MR) is 81.8 cm³/mol. The smallest absolute Gasteiger partial charge is 0.329 e. The van der Waals surface area contributed by atoms with E-state index in [4.69, 9.17) is 38.6 Å². The van der Waals surface area contributed by atoms with Crippen LogP contribution in [0.5, 0.6) is 0 Å². The van der Waals surface area contributed by atoms with Crippen LogP contribution in [0, 0.1) is 0 Å². The first-order chi connectivity index (χ1) is 11.4. The summed E-state index contributed by atoms with van der Waals surface area (Å²) in [5, 5.41) is 17.8. The molecule has 5 atom stereocenters. The van der Waals surface area contributed by atoms with Crippen molar-refractivity contribution in [2.45, 2.75) is 50.7 Å². The van der Waals surface area contributed by atoms with E-state index in [1.165, 1.54) is 14.2 Å². The number of aliphatic hydroxyl groups is 1. The third-order valence-corrected chi connectivity index (χ3v) is 3.50. The molecule has 1 aliphatic rings. The number of ether oxygens (including phenoxy) is 6. The van der Waals surface area contributed by atoms with Crippen molar-refractivity contribution in [2.24, 2.45) is 0 Å². The Morgan fingerprint density at radius 1 is 1.12 bits per heavy atom. The molecule has 1 rings (SSSR count). The van der Waals surface area contributed by atoms with E-state index in [9.17, 15) is 4.79 Å². The number of methoxy groups -OCH3 is 2. The van der Waals surface area contributed by atoms with Gasteiger partial charge in [-0.2, -0.15) is 0 Å². The largest absolute Gasteiger partial charge is 0.480 e. The molecule has 1 aliphatic heterocycles. The highest BCUT2D eigenvalue weighted by atomic mass is 16.7. The molecule has 0 saturated carbocycles. The second-order valence-electron chi connectivity index (χ2n) is 5.59. The van der Waals surface area contributed by atoms with Crippen LogP contribution in [0.15, 0.2) is 0 Å². The molecule has 0 radical (unpaired) electrons. The molecular weight excluding hydrogens is 324 g/mol. The summed E-state index contributed by atoms with van der Waals surface area (Å²) < 4.78 is 33.2. The van der Waals surface area contributed by atoms with E-state index in [0.29, 0.717) is 0 Å². The van der Waals surface area contributed by atoms with E-state index >= 15 is 0 Å². The van der Waals surface area contributed by atoms with Crippen molar-refractivity contribution in [1.82, 2.24) is 0 Å². The lowest BCUT2D eigenvalue weighted by Crippen LogP contribution is -2.61. The average Bonchev–Trinajstić information content (AvgIpc) is 2.55. The molecule has 9 nitrogen and oxygen atoms in total. The Balaban J connectivity index is 2.91. The van der Waals surface area contributed by atoms with Crippen LogP contribution < -0.4 is 0 Å². The van der Waals surface area contributed by atoms with E-state index in [0.717, 1.165) is 0 Å². The van der Waals surface area contributed by atoms with Gasteiger partial charge in [-0.25, -0.2) is 4.79 Å². The molecule has 0 spiro atoms. The summed E-state index contributed by atoms with van der Waals surface area (Å²) in [6.07, 6.45) is -3.33. The predicted octanol–water partition coefficient (Wildman–Crippen LogP) is -0.355. The number of aliphatic carboxylic acids is 1. The molecule has 0 aromatic carbocycles. The maximum Gasteiger partial charge on any atom is 0.329 e. The first-order valence-electron chi connectivity index (χ1n) is 7.83. The van der Waals surface area contributed by atoms with Crippen LogP contribution >= 0.6 is 0 Å². The number of carbonyl (C=O) groups is 1. The van der Waals surface area contributed by atoms with Crippen molar-refractivity contribution in [1.29, 1.82) is 0 Å². The normalized spacial score (nSPS) is 30.7. The Hall–Kier alpha value is -0.810. The van der Waals surface area contributed by atoms with Crippen LogP contribution in [0.3, 0.4) is 0 Å². The molecule has 142 valence electrons. The maximum atomic E-state index is 10.8. The molecule has 2 N–H and O–H groups in total. The maximum absolute atomic E-state index is 10.8. The van der Waals surface area contributed by atoms with Gasteiger partial charge in [0.25, 0.3) is 0 Å². The summed E-state index contributed by atoms with van der Waals surface area (Å²) in [6.45, 7) is 3.31. The van der Waals surface area contributed by atoms with Gasteiger partial charge in [0.2, 0.25) is 0 Å². The highest BCUT2D eigenvalue weighted by Gasteiger charge is 2.48. The lowest BCUT2D eigenvalue weighted by molar-refractivity contribution is -0.318. The molecule has 0 amide bonds. The molecule has 1 saturated heterocycles. The minimum atomic E-state index is -1.13. The first kappa shape index (κ1) is 21.2. The summed E-state index contributed by atoms with van der Waals surface area (Å²) in [6, 6.07) is 0. The summed E-state index contributed by atoms with van der Waals surface area (Å²) in [7, 11) is 3.01. The van der Waals surface area contributed by atoms with Gasteiger partial charge >= 0.3 is 5.97 Å². The molecular formula is C15H28O9. The zero-order valence-electron chi connectivity index (χ0n) is 14.5. The summed E-state index contributed by atoms with van der Waals surface area (Å²) in [4.78, 5) is 10.8. The number of carboxylic acid groups (broad SMARTS) is 1. The van der Waals surface area contributed by atoms with Gasteiger partial charge in [0.1, 0.15) is 31.0 Å². The highest BCUT2D eigenvalue weighted by molar-refractivity contribution is 5.68. The Kier molecular flexibility index (Phi) is 9.67. The second kappa shape index (κ2) is 10.9. The van der Waals surface area contributed by atoms with E-state index in [-0.39, 0.29) is 25.9 Å². The van der Waals surface area contributed by atoms with Gasteiger partial charge in [0, 0.05) is 14.2 Å². The van der Waals surface area contributed by atoms with Gasteiger partial charge < -0.3 is 38.6 Å². The third kappa shape index (κ3) is 6.25. The molecule has 0 aromatic heterocycles. The van der Waals surface area contributed by atoms with Crippen molar-refractivity contribution in [3.05, 3.63) is 0 Å². The van der Waals surface area contributed by atoms with Crippen molar-refractivity contribution >= 4 is 5.97 Å². The SMILES string of the molecule is CO[C@@H]1[C@H](OCCO)[C@H](OCC(=O)O)O[C@H](COC(C)C)[C@H]1OC. The highest BCUT2D eigenvalue weighted by Crippen LogP contribution is 2.28. The molecule has 0 bridgehead atoms. The average molecular weight is 352 g/mol. The van der Waals surface area contributed by atoms with Gasteiger partial charge in [0.05, 0.1) is 25.9 Å². The molecule has 24 heavy (non-hydrogen) atoms. The topological polar surface area (TPSA) is 113 Å². The number of carboxylic acids is 1. The van der Waals surface area contributed by atoms with Crippen molar-refractivity contribution in [2.75, 3.05) is 40.6 Å². The third-order valence-electron chi connectivity index (χ3n) is 3.50. The lowest BCUT2D eigenvalue weighted by atomic mass is 9.98. The molecule has 1 fully saturated rings. The van der Waals surface area contributed by atoms with Crippen LogP contribution in [0.25, 0.3) is 0 Å². The minimum absolute atomic E-state index is 0.00569. The van der Waals surface area contributed by atoms with Crippen LogP contribution in [0.1, 0.15) is 13.8 Å². The summed E-state index contributed by atoms with van der Waals surface area (Å²) >= 11 is 0. The quantitative estimate of drug-likeness (QED) is 0.515. The molecule has 0 unspecified atom stereocenters. The van der Waals surface area contributed by atoms with Crippen LogP contribution in [0.2, 0.25) is 0 Å². The van der Waals surface area contributed by atoms with Gasteiger partial charge in [-0.3, -0.25) is 0 Å². The fraction of sp³-hybridized carbons (Fsp3) is 0.933. The van der Waals surface area contributed by atoms with E-state index in [1.807, 2.05) is 13.8 Å². The van der Waals surface area contributed by atoms with Gasteiger partial charge in [0.15, 0.2) is 6.29 Å². The Morgan fingerprint density at radius 3 is 2.29 bits per heavy atom. The molecule has 0 aliphatic carbocycles. The van der Waals surface area contributed by atoms with Crippen LogP contribution in [0.4, 0.5) is 0 Å². The van der Waals surface area contributed by atoms with Crippen molar-refractivity contribution in [3.8, 4) is 0 Å². The lowest BCUT2D eigenvalue weighted by Gasteiger charge is -2.44. The number of aliphatic hydroxyl groups excluding tert-OH is 1. The second-order valence-corrected chi connectivity index (χ2v) is 5.59. The minimum Gasteiger partial charge on any atom is -0.480 e. The van der Waals surface area contributed by atoms with E-state index in [1.54, 1.807) is 0 Å².